The standard InChI is InChI=1S/C15H19N4O2S.ClHO4/c1-10-8-11(2)19(12(3)9-10)13-4-6-14(7-5-13)22(20,21)18-15(16)17;2-1(3,4)5/h4-9H,1-3H3,(H4,16,17,18);(H,2,3,4,5)/q+1;/p-1. The molecule has 148 valence electrons. The predicted molar refractivity (Wildman–Crippen MR) is 85.2 cm³/mol. The third-order valence-electron chi connectivity index (χ3n) is 3.20. The van der Waals surface area contributed by atoms with Gasteiger partial charge in [0.1, 0.15) is 0 Å². The van der Waals surface area contributed by atoms with Gasteiger partial charge < -0.3 is 11.5 Å². The van der Waals surface area contributed by atoms with Crippen LogP contribution in [0.4, 0.5) is 0 Å². The maximum atomic E-state index is 11.9. The van der Waals surface area contributed by atoms with Crippen LogP contribution in [-0.4, -0.2) is 14.4 Å². The molecule has 0 radical (unpaired) electrons. The minimum Gasteiger partial charge on any atom is -0.369 e. The Kier molecular flexibility index (Phi) is 7.25. The topological polar surface area (TPSA) is 195 Å². The second-order valence-corrected chi connectivity index (χ2v) is 7.87. The molecule has 0 aliphatic carbocycles. The van der Waals surface area contributed by atoms with Gasteiger partial charge in [-0.2, -0.15) is 13.0 Å². The molecule has 1 aromatic heterocycles. The number of nitrogens with two attached hydrogens (primary N) is 2. The number of pyridine rings is 1. The number of hydrogen-bond acceptors (Lipinski definition) is 6. The summed E-state index contributed by atoms with van der Waals surface area (Å²) in [6.07, 6.45) is 0. The Balaban J connectivity index is 0.000000646. The minimum atomic E-state index is -4.94. The van der Waals surface area contributed by atoms with Gasteiger partial charge in [-0.25, -0.2) is 18.6 Å². The summed E-state index contributed by atoms with van der Waals surface area (Å²) in [5.74, 6) is -0.483. The third kappa shape index (κ3) is 7.46. The van der Waals surface area contributed by atoms with Gasteiger partial charge in [-0.3, -0.25) is 0 Å². The van der Waals surface area contributed by atoms with Crippen molar-refractivity contribution in [3.63, 3.8) is 0 Å². The van der Waals surface area contributed by atoms with Crippen LogP contribution >= 0.6 is 0 Å². The highest BCUT2D eigenvalue weighted by Crippen LogP contribution is 2.14. The van der Waals surface area contributed by atoms with Gasteiger partial charge in [-0.15, -0.1) is 14.6 Å². The van der Waals surface area contributed by atoms with Gasteiger partial charge in [0.2, 0.25) is 11.6 Å². The van der Waals surface area contributed by atoms with E-state index in [9.17, 15) is 8.42 Å². The van der Waals surface area contributed by atoms with Gasteiger partial charge in [0.25, 0.3) is 10.0 Å². The molecule has 0 saturated carbocycles. The highest BCUT2D eigenvalue weighted by molar-refractivity contribution is 7.90. The molecule has 10 nitrogen and oxygen atoms in total. The van der Waals surface area contributed by atoms with Crippen LogP contribution in [-0.2, 0) is 10.0 Å². The lowest BCUT2D eigenvalue weighted by Crippen LogP contribution is -2.68. The first-order chi connectivity index (χ1) is 12.2. The number of sulfonamides is 1. The first-order valence-corrected chi connectivity index (χ1v) is 9.96. The number of benzene rings is 1. The summed E-state index contributed by atoms with van der Waals surface area (Å²) in [4.78, 5) is 0.0488. The van der Waals surface area contributed by atoms with Crippen molar-refractivity contribution in [2.45, 2.75) is 25.7 Å². The first-order valence-electron chi connectivity index (χ1n) is 7.29. The average Bonchev–Trinajstić information content (AvgIpc) is 2.43. The number of halogens is 1. The zero-order valence-corrected chi connectivity index (χ0v) is 16.3. The van der Waals surface area contributed by atoms with Gasteiger partial charge in [0.05, 0.1) is 4.90 Å². The molecule has 27 heavy (non-hydrogen) atoms. The van der Waals surface area contributed by atoms with Crippen molar-refractivity contribution in [2.24, 2.45) is 15.9 Å². The Hall–Kier alpha value is -2.28. The molecule has 0 amide bonds. The molecule has 1 aromatic carbocycles. The average molecular weight is 419 g/mol. The van der Waals surface area contributed by atoms with E-state index in [2.05, 4.69) is 16.5 Å². The van der Waals surface area contributed by atoms with Crippen molar-refractivity contribution in [1.82, 2.24) is 0 Å². The zero-order valence-electron chi connectivity index (χ0n) is 14.7. The van der Waals surface area contributed by atoms with Crippen molar-refractivity contribution >= 4 is 16.0 Å². The summed E-state index contributed by atoms with van der Waals surface area (Å²) >= 11 is 0. The maximum absolute atomic E-state index is 11.9. The fourth-order valence-corrected chi connectivity index (χ4v) is 3.34. The number of guanidine groups is 1. The first kappa shape index (κ1) is 22.8. The molecule has 0 spiro atoms. The molecule has 0 fully saturated rings. The van der Waals surface area contributed by atoms with Crippen LogP contribution in [0.25, 0.3) is 5.69 Å². The van der Waals surface area contributed by atoms with Crippen molar-refractivity contribution in [1.29, 1.82) is 0 Å². The summed E-state index contributed by atoms with van der Waals surface area (Å²) in [6, 6.07) is 10.6. The molecular formula is C15H19ClN4O6S. The molecule has 4 N–H and O–H groups in total. The number of rotatable bonds is 3. The molecule has 0 aliphatic rings. The van der Waals surface area contributed by atoms with Crippen LogP contribution in [0.3, 0.4) is 0 Å². The summed E-state index contributed by atoms with van der Waals surface area (Å²) in [5, 5.41) is 0. The normalized spacial score (nSPS) is 11.4. The largest absolute Gasteiger partial charge is 0.369 e. The zero-order chi connectivity index (χ0) is 21.0. The summed E-state index contributed by atoms with van der Waals surface area (Å²) in [6.45, 7) is 6.05. The van der Waals surface area contributed by atoms with E-state index in [4.69, 9.17) is 30.1 Å². The Morgan fingerprint density at radius 1 is 0.963 bits per heavy atom. The summed E-state index contributed by atoms with van der Waals surface area (Å²) in [5.41, 5.74) is 14.5. The van der Waals surface area contributed by atoms with E-state index in [1.807, 2.05) is 25.3 Å². The predicted octanol–water partition coefficient (Wildman–Crippen LogP) is -3.91. The van der Waals surface area contributed by atoms with Crippen LogP contribution < -0.4 is 34.7 Å². The monoisotopic (exact) mass is 418 g/mol. The molecule has 0 bridgehead atoms. The maximum Gasteiger partial charge on any atom is 0.285 e. The van der Waals surface area contributed by atoms with E-state index in [-0.39, 0.29) is 4.90 Å². The van der Waals surface area contributed by atoms with Crippen molar-refractivity contribution in [3.05, 3.63) is 53.3 Å². The van der Waals surface area contributed by atoms with E-state index in [0.29, 0.717) is 0 Å². The number of aromatic nitrogens is 1. The van der Waals surface area contributed by atoms with Gasteiger partial charge >= 0.3 is 0 Å². The second kappa shape index (κ2) is 8.61. The van der Waals surface area contributed by atoms with Crippen molar-refractivity contribution < 1.29 is 41.9 Å². The Labute approximate surface area is 158 Å². The van der Waals surface area contributed by atoms with Crippen LogP contribution in [0.5, 0.6) is 0 Å². The van der Waals surface area contributed by atoms with Gasteiger partial charge in [0, 0.05) is 38.1 Å². The highest BCUT2D eigenvalue weighted by atomic mass is 35.7. The van der Waals surface area contributed by atoms with Gasteiger partial charge in [-0.1, -0.05) is 0 Å². The SMILES string of the molecule is Cc1cc(C)[n+](-c2ccc(S(=O)(=O)N=C(N)N)cc2)c(C)c1.[O-][Cl+3]([O-])([O-])[O-]. The smallest absolute Gasteiger partial charge is 0.285 e. The Bertz CT molecular complexity index is 907. The summed E-state index contributed by atoms with van der Waals surface area (Å²) in [7, 11) is -8.80. The van der Waals surface area contributed by atoms with Crippen LogP contribution in [0.1, 0.15) is 17.0 Å². The number of hydrogen-bond donors (Lipinski definition) is 2. The van der Waals surface area contributed by atoms with E-state index in [0.717, 1.165) is 17.1 Å². The Morgan fingerprint density at radius 3 is 1.74 bits per heavy atom. The van der Waals surface area contributed by atoms with E-state index in [1.54, 1.807) is 12.1 Å². The Morgan fingerprint density at radius 2 is 1.37 bits per heavy atom. The molecular weight excluding hydrogens is 400 g/mol. The fourth-order valence-electron chi connectivity index (χ4n) is 2.47. The quantitative estimate of drug-likeness (QED) is 0.286. The highest BCUT2D eigenvalue weighted by Gasteiger charge is 2.18. The van der Waals surface area contributed by atoms with E-state index >= 15 is 0 Å². The van der Waals surface area contributed by atoms with Gasteiger partial charge in [-0.05, 0) is 24.6 Å². The molecule has 0 saturated heterocycles. The van der Waals surface area contributed by atoms with Gasteiger partial charge in [0.15, 0.2) is 11.4 Å². The molecule has 1 heterocycles. The molecule has 0 unspecified atom stereocenters. The second-order valence-electron chi connectivity index (χ2n) is 5.51. The van der Waals surface area contributed by atoms with Crippen LogP contribution in [0.15, 0.2) is 45.7 Å². The molecule has 12 heteroatoms. The number of nitrogens with zero attached hydrogens (tertiary/aromatic N) is 2. The van der Waals surface area contributed by atoms with E-state index < -0.39 is 26.2 Å². The summed E-state index contributed by atoms with van der Waals surface area (Å²) < 4.78 is 63.1. The molecule has 0 aliphatic heterocycles. The molecule has 0 atom stereocenters. The lowest BCUT2D eigenvalue weighted by atomic mass is 10.2. The lowest BCUT2D eigenvalue weighted by Gasteiger charge is -2.17. The molecule has 2 rings (SSSR count). The third-order valence-corrected chi connectivity index (χ3v) is 4.52. The van der Waals surface area contributed by atoms with E-state index in [1.165, 1.54) is 17.7 Å². The minimum absolute atomic E-state index is 0.0488. The fraction of sp³-hybridized carbons (Fsp3) is 0.200. The lowest BCUT2D eigenvalue weighted by molar-refractivity contribution is -2.00. The number of aryl methyl sites for hydroxylation is 3. The van der Waals surface area contributed by atoms with Crippen LogP contribution in [0, 0.1) is 31.0 Å². The van der Waals surface area contributed by atoms with Crippen LogP contribution in [0.2, 0.25) is 0 Å². The van der Waals surface area contributed by atoms with Crippen molar-refractivity contribution in [3.8, 4) is 5.69 Å². The molecule has 2 aromatic rings. The van der Waals surface area contributed by atoms with Crippen molar-refractivity contribution in [2.75, 3.05) is 0 Å².